The summed E-state index contributed by atoms with van der Waals surface area (Å²) < 4.78 is 26.4. The van der Waals surface area contributed by atoms with Crippen LogP contribution in [-0.4, -0.2) is 21.1 Å². The Balaban J connectivity index is 1.99. The number of aliphatic hydroxyl groups is 1. The van der Waals surface area contributed by atoms with Crippen molar-refractivity contribution < 1.29 is 13.9 Å². The van der Waals surface area contributed by atoms with Gasteiger partial charge in [-0.2, -0.15) is 0 Å². The first-order valence-corrected chi connectivity index (χ1v) is 6.55. The average Bonchev–Trinajstić information content (AvgIpc) is 2.82. The van der Waals surface area contributed by atoms with Crippen molar-refractivity contribution in [2.75, 3.05) is 5.75 Å². The molecule has 17 heavy (non-hydrogen) atoms. The summed E-state index contributed by atoms with van der Waals surface area (Å²) in [4.78, 5) is 0. The maximum absolute atomic E-state index is 12.9. The largest absolute Gasteiger partial charge is 0.388 e. The van der Waals surface area contributed by atoms with Gasteiger partial charge in [-0.3, -0.25) is 0 Å². The van der Waals surface area contributed by atoms with Gasteiger partial charge in [0.05, 0.1) is 6.10 Å². The molecule has 0 spiro atoms. The van der Waals surface area contributed by atoms with E-state index in [2.05, 4.69) is 10.2 Å². The molecule has 90 valence electrons. The fourth-order valence-electron chi connectivity index (χ4n) is 1.19. The topological polar surface area (TPSA) is 46.0 Å². The van der Waals surface area contributed by atoms with Gasteiger partial charge in [0.25, 0.3) is 0 Å². The molecule has 0 radical (unpaired) electrons. The van der Waals surface area contributed by atoms with Gasteiger partial charge >= 0.3 is 0 Å². The van der Waals surface area contributed by atoms with Crippen LogP contribution < -0.4 is 0 Å². The Morgan fingerprint density at radius 1 is 1.35 bits per heavy atom. The third kappa shape index (κ3) is 3.21. The molecule has 1 aromatic carbocycles. The third-order valence-corrected chi connectivity index (χ3v) is 3.97. The van der Waals surface area contributed by atoms with E-state index in [0.29, 0.717) is 11.3 Å². The van der Waals surface area contributed by atoms with Gasteiger partial charge in [0.15, 0.2) is 16.0 Å². The van der Waals surface area contributed by atoms with Crippen molar-refractivity contribution in [2.45, 2.75) is 10.4 Å². The Morgan fingerprint density at radius 2 is 2.18 bits per heavy atom. The van der Waals surface area contributed by atoms with Crippen molar-refractivity contribution in [3.63, 3.8) is 0 Å². The van der Waals surface area contributed by atoms with Crippen LogP contribution in [0.5, 0.6) is 0 Å². The maximum atomic E-state index is 12.9. The van der Waals surface area contributed by atoms with Crippen LogP contribution in [0.4, 0.5) is 8.78 Å². The summed E-state index contributed by atoms with van der Waals surface area (Å²) in [6, 6.07) is 3.37. The number of hydrogen-bond donors (Lipinski definition) is 1. The molecule has 1 atom stereocenters. The Hall–Kier alpha value is -1.05. The summed E-state index contributed by atoms with van der Waals surface area (Å²) in [5.74, 6) is -1.56. The fourth-order valence-corrected chi connectivity index (χ4v) is 2.67. The van der Waals surface area contributed by atoms with Gasteiger partial charge in [0.1, 0.15) is 5.51 Å². The zero-order valence-electron chi connectivity index (χ0n) is 8.51. The average molecular weight is 274 g/mol. The zero-order chi connectivity index (χ0) is 12.3. The molecule has 0 saturated carbocycles. The summed E-state index contributed by atoms with van der Waals surface area (Å²) in [5.41, 5.74) is 1.94. The lowest BCUT2D eigenvalue weighted by molar-refractivity contribution is 0.203. The SMILES string of the molecule is OC(CSc1nncs1)c1ccc(F)c(F)c1. The molecular formula is C10H8F2N2OS2. The van der Waals surface area contributed by atoms with Crippen molar-refractivity contribution in [1.29, 1.82) is 0 Å². The molecule has 0 aliphatic heterocycles. The second kappa shape index (κ2) is 5.52. The normalized spacial score (nSPS) is 12.6. The number of aliphatic hydroxyl groups excluding tert-OH is 1. The lowest BCUT2D eigenvalue weighted by Gasteiger charge is -2.09. The molecule has 0 bridgehead atoms. The molecule has 3 nitrogen and oxygen atoms in total. The molecule has 7 heteroatoms. The van der Waals surface area contributed by atoms with Crippen LogP contribution in [0, 0.1) is 11.6 Å². The molecule has 0 saturated heterocycles. The number of thioether (sulfide) groups is 1. The number of aromatic nitrogens is 2. The Labute approximate surface area is 105 Å². The molecule has 1 N–H and O–H groups in total. The molecule has 0 fully saturated rings. The summed E-state index contributed by atoms with van der Waals surface area (Å²) in [5, 5.41) is 17.2. The monoisotopic (exact) mass is 274 g/mol. The summed E-state index contributed by atoms with van der Waals surface area (Å²) in [6.07, 6.45) is -0.862. The van der Waals surface area contributed by atoms with Crippen LogP contribution in [0.3, 0.4) is 0 Å². The van der Waals surface area contributed by atoms with Gasteiger partial charge in [-0.15, -0.1) is 10.2 Å². The number of rotatable bonds is 4. The second-order valence-electron chi connectivity index (χ2n) is 3.20. The summed E-state index contributed by atoms with van der Waals surface area (Å²) in [6.45, 7) is 0. The van der Waals surface area contributed by atoms with E-state index in [9.17, 15) is 13.9 Å². The Morgan fingerprint density at radius 3 is 2.82 bits per heavy atom. The van der Waals surface area contributed by atoms with Crippen LogP contribution in [0.1, 0.15) is 11.7 Å². The molecule has 0 amide bonds. The van der Waals surface area contributed by atoms with Gasteiger partial charge in [0.2, 0.25) is 0 Å². The van der Waals surface area contributed by atoms with E-state index in [1.165, 1.54) is 29.2 Å². The molecule has 1 aromatic heterocycles. The molecule has 0 aliphatic rings. The molecule has 2 rings (SSSR count). The van der Waals surface area contributed by atoms with Crippen molar-refractivity contribution in [3.8, 4) is 0 Å². The molecule has 2 aromatic rings. The number of benzene rings is 1. The zero-order valence-corrected chi connectivity index (χ0v) is 10.1. The van der Waals surface area contributed by atoms with E-state index in [-0.39, 0.29) is 0 Å². The van der Waals surface area contributed by atoms with Gasteiger partial charge in [-0.1, -0.05) is 29.2 Å². The van der Waals surface area contributed by atoms with Crippen LogP contribution in [0.25, 0.3) is 0 Å². The Bertz CT molecular complexity index is 493. The van der Waals surface area contributed by atoms with Crippen molar-refractivity contribution >= 4 is 23.1 Å². The van der Waals surface area contributed by atoms with E-state index in [4.69, 9.17) is 0 Å². The lowest BCUT2D eigenvalue weighted by Crippen LogP contribution is -2.01. The molecular weight excluding hydrogens is 266 g/mol. The second-order valence-corrected chi connectivity index (χ2v) is 5.31. The van der Waals surface area contributed by atoms with Gasteiger partial charge in [-0.05, 0) is 17.7 Å². The van der Waals surface area contributed by atoms with Crippen molar-refractivity contribution in [1.82, 2.24) is 10.2 Å². The van der Waals surface area contributed by atoms with Gasteiger partial charge < -0.3 is 5.11 Å². The third-order valence-electron chi connectivity index (χ3n) is 2.03. The van der Waals surface area contributed by atoms with E-state index in [1.54, 1.807) is 5.51 Å². The minimum absolute atomic E-state index is 0.320. The highest BCUT2D eigenvalue weighted by atomic mass is 32.2. The standard InChI is InChI=1S/C10H8F2N2OS2/c11-7-2-1-6(3-8(7)12)9(15)4-16-10-14-13-5-17-10/h1-3,5,9,15H,4H2. The van der Waals surface area contributed by atoms with Crippen LogP contribution in [0.15, 0.2) is 28.0 Å². The summed E-state index contributed by atoms with van der Waals surface area (Å²) >= 11 is 2.68. The maximum Gasteiger partial charge on any atom is 0.174 e. The van der Waals surface area contributed by atoms with E-state index in [1.807, 2.05) is 0 Å². The van der Waals surface area contributed by atoms with Crippen molar-refractivity contribution in [3.05, 3.63) is 40.9 Å². The summed E-state index contributed by atoms with van der Waals surface area (Å²) in [7, 11) is 0. The first-order valence-electron chi connectivity index (χ1n) is 4.69. The van der Waals surface area contributed by atoms with Gasteiger partial charge in [-0.25, -0.2) is 8.78 Å². The van der Waals surface area contributed by atoms with E-state index < -0.39 is 17.7 Å². The smallest absolute Gasteiger partial charge is 0.174 e. The Kier molecular flexibility index (Phi) is 4.03. The predicted molar refractivity (Wildman–Crippen MR) is 62.0 cm³/mol. The highest BCUT2D eigenvalue weighted by molar-refractivity contribution is 8.01. The molecule has 1 unspecified atom stereocenters. The highest BCUT2D eigenvalue weighted by Gasteiger charge is 2.12. The van der Waals surface area contributed by atoms with Crippen LogP contribution in [-0.2, 0) is 0 Å². The molecule has 0 aliphatic carbocycles. The predicted octanol–water partition coefficient (Wildman–Crippen LogP) is 2.64. The molecule has 1 heterocycles. The van der Waals surface area contributed by atoms with Crippen molar-refractivity contribution in [2.24, 2.45) is 0 Å². The number of nitrogens with zero attached hydrogens (tertiary/aromatic N) is 2. The van der Waals surface area contributed by atoms with Crippen LogP contribution >= 0.6 is 23.1 Å². The first-order chi connectivity index (χ1) is 8.16. The minimum Gasteiger partial charge on any atom is -0.388 e. The minimum atomic E-state index is -0.956. The lowest BCUT2D eigenvalue weighted by atomic mass is 10.1. The van der Waals surface area contributed by atoms with E-state index >= 15 is 0 Å². The quantitative estimate of drug-likeness (QED) is 0.871. The number of hydrogen-bond acceptors (Lipinski definition) is 5. The van der Waals surface area contributed by atoms with E-state index in [0.717, 1.165) is 16.5 Å². The van der Waals surface area contributed by atoms with Gasteiger partial charge in [0, 0.05) is 5.75 Å². The number of halogens is 2. The first kappa shape index (κ1) is 12.4. The highest BCUT2D eigenvalue weighted by Crippen LogP contribution is 2.26. The van der Waals surface area contributed by atoms with Crippen LogP contribution in [0.2, 0.25) is 0 Å². The fraction of sp³-hybridized carbons (Fsp3) is 0.200.